The minimum absolute atomic E-state index is 0.222. The fraction of sp³-hybridized carbons (Fsp3) is 0.375. The zero-order valence-electron chi connectivity index (χ0n) is 12.8. The largest absolute Gasteiger partial charge is 0.376 e. The third kappa shape index (κ3) is 3.90. The summed E-state index contributed by atoms with van der Waals surface area (Å²) in [5.74, 6) is 0.435. The fourth-order valence-corrected chi connectivity index (χ4v) is 2.62. The van der Waals surface area contributed by atoms with E-state index in [2.05, 4.69) is 10.4 Å². The standard InChI is InChI=1S/C16H18ClN3O3/c1-11-8-18-20(9-12-3-2-4-13(17)7-12)15(11)19-16(21)14-10-22-5-6-23-14/h2-4,7-8,14H,5-6,9-10H2,1H3,(H,19,21). The molecule has 1 aliphatic heterocycles. The van der Waals surface area contributed by atoms with Gasteiger partial charge in [0.1, 0.15) is 5.82 Å². The predicted octanol–water partition coefficient (Wildman–Crippen LogP) is 2.25. The van der Waals surface area contributed by atoms with Crippen LogP contribution in [-0.4, -0.2) is 41.6 Å². The number of hydrogen-bond donors (Lipinski definition) is 1. The Hall–Kier alpha value is -1.89. The molecule has 1 atom stereocenters. The highest BCUT2D eigenvalue weighted by Gasteiger charge is 2.24. The number of nitrogens with one attached hydrogen (secondary N) is 1. The van der Waals surface area contributed by atoms with Crippen LogP contribution in [0.25, 0.3) is 0 Å². The lowest BCUT2D eigenvalue weighted by atomic mass is 10.2. The molecule has 1 amide bonds. The highest BCUT2D eigenvalue weighted by atomic mass is 35.5. The first-order chi connectivity index (χ1) is 11.1. The molecular formula is C16H18ClN3O3. The zero-order valence-corrected chi connectivity index (χ0v) is 13.5. The van der Waals surface area contributed by atoms with Crippen molar-refractivity contribution in [2.24, 2.45) is 0 Å². The Morgan fingerprint density at radius 2 is 2.35 bits per heavy atom. The van der Waals surface area contributed by atoms with Gasteiger partial charge in [0, 0.05) is 10.6 Å². The molecule has 23 heavy (non-hydrogen) atoms. The van der Waals surface area contributed by atoms with Crippen LogP contribution in [0.15, 0.2) is 30.5 Å². The number of carbonyl (C=O) groups excluding carboxylic acids is 1. The van der Waals surface area contributed by atoms with Crippen molar-refractivity contribution in [3.05, 3.63) is 46.6 Å². The van der Waals surface area contributed by atoms with Gasteiger partial charge in [-0.1, -0.05) is 23.7 Å². The van der Waals surface area contributed by atoms with Crippen molar-refractivity contribution in [1.82, 2.24) is 9.78 Å². The molecule has 6 nitrogen and oxygen atoms in total. The summed E-state index contributed by atoms with van der Waals surface area (Å²) in [6.45, 7) is 3.64. The topological polar surface area (TPSA) is 65.4 Å². The van der Waals surface area contributed by atoms with Gasteiger partial charge in [-0.2, -0.15) is 5.10 Å². The molecule has 0 radical (unpaired) electrons. The molecule has 122 valence electrons. The van der Waals surface area contributed by atoms with Gasteiger partial charge >= 0.3 is 0 Å². The van der Waals surface area contributed by atoms with Gasteiger partial charge in [-0.05, 0) is 24.6 Å². The summed E-state index contributed by atoms with van der Waals surface area (Å²) < 4.78 is 12.4. The van der Waals surface area contributed by atoms with Crippen LogP contribution in [0.1, 0.15) is 11.1 Å². The second kappa shape index (κ2) is 7.12. The number of nitrogens with zero attached hydrogens (tertiary/aromatic N) is 2. The number of ether oxygens (including phenoxy) is 2. The Morgan fingerprint density at radius 1 is 1.48 bits per heavy atom. The van der Waals surface area contributed by atoms with Crippen molar-refractivity contribution in [2.75, 3.05) is 25.1 Å². The number of hydrogen-bond acceptors (Lipinski definition) is 4. The van der Waals surface area contributed by atoms with Crippen LogP contribution >= 0.6 is 11.6 Å². The predicted molar refractivity (Wildman–Crippen MR) is 86.7 cm³/mol. The van der Waals surface area contributed by atoms with E-state index in [0.717, 1.165) is 11.1 Å². The first-order valence-electron chi connectivity index (χ1n) is 7.40. The van der Waals surface area contributed by atoms with Gasteiger partial charge < -0.3 is 14.8 Å². The number of aryl methyl sites for hydroxylation is 1. The Labute approximate surface area is 139 Å². The molecule has 1 aromatic carbocycles. The Morgan fingerprint density at radius 3 is 3.09 bits per heavy atom. The smallest absolute Gasteiger partial charge is 0.257 e. The molecule has 1 N–H and O–H groups in total. The second-order valence-electron chi connectivity index (χ2n) is 5.39. The molecule has 1 unspecified atom stereocenters. The van der Waals surface area contributed by atoms with Crippen LogP contribution in [0, 0.1) is 6.92 Å². The lowest BCUT2D eigenvalue weighted by Crippen LogP contribution is -2.39. The van der Waals surface area contributed by atoms with Crippen molar-refractivity contribution in [1.29, 1.82) is 0 Å². The van der Waals surface area contributed by atoms with Gasteiger partial charge in [0.05, 0.1) is 32.6 Å². The van der Waals surface area contributed by atoms with E-state index in [0.29, 0.717) is 30.6 Å². The van der Waals surface area contributed by atoms with Crippen LogP contribution in [0.4, 0.5) is 5.82 Å². The van der Waals surface area contributed by atoms with Crippen LogP contribution in [0.5, 0.6) is 0 Å². The number of rotatable bonds is 4. The molecule has 0 saturated carbocycles. The Kier molecular flexibility index (Phi) is 4.95. The number of benzene rings is 1. The Bertz CT molecular complexity index is 696. The maximum absolute atomic E-state index is 12.3. The van der Waals surface area contributed by atoms with E-state index in [1.165, 1.54) is 0 Å². The van der Waals surface area contributed by atoms with E-state index < -0.39 is 6.10 Å². The van der Waals surface area contributed by atoms with Crippen LogP contribution in [0.3, 0.4) is 0 Å². The quantitative estimate of drug-likeness (QED) is 0.930. The minimum atomic E-state index is -0.585. The summed E-state index contributed by atoms with van der Waals surface area (Å²) in [5, 5.41) is 7.88. The summed E-state index contributed by atoms with van der Waals surface area (Å²) in [6.07, 6.45) is 1.14. The van der Waals surface area contributed by atoms with Gasteiger partial charge in [-0.15, -0.1) is 0 Å². The summed E-state index contributed by atoms with van der Waals surface area (Å²) in [7, 11) is 0. The van der Waals surface area contributed by atoms with Crippen molar-refractivity contribution >= 4 is 23.3 Å². The molecule has 2 heterocycles. The van der Waals surface area contributed by atoms with Crippen molar-refractivity contribution in [2.45, 2.75) is 19.6 Å². The van der Waals surface area contributed by atoms with Crippen LogP contribution in [0.2, 0.25) is 5.02 Å². The van der Waals surface area contributed by atoms with E-state index >= 15 is 0 Å². The lowest BCUT2D eigenvalue weighted by Gasteiger charge is -2.22. The maximum atomic E-state index is 12.3. The average molecular weight is 336 g/mol. The number of carbonyl (C=O) groups is 1. The summed E-state index contributed by atoms with van der Waals surface area (Å²) in [5.41, 5.74) is 1.89. The third-order valence-electron chi connectivity index (χ3n) is 3.59. The molecule has 1 fully saturated rings. The second-order valence-corrected chi connectivity index (χ2v) is 5.82. The normalized spacial score (nSPS) is 17.9. The molecule has 0 bridgehead atoms. The zero-order chi connectivity index (χ0) is 16.2. The van der Waals surface area contributed by atoms with Gasteiger partial charge in [0.25, 0.3) is 5.91 Å². The van der Waals surface area contributed by atoms with Gasteiger partial charge in [-0.3, -0.25) is 4.79 Å². The molecular weight excluding hydrogens is 318 g/mol. The number of aromatic nitrogens is 2. The number of halogens is 1. The molecule has 1 saturated heterocycles. The van der Waals surface area contributed by atoms with Gasteiger partial charge in [0.15, 0.2) is 6.10 Å². The van der Waals surface area contributed by atoms with Crippen molar-refractivity contribution in [3.8, 4) is 0 Å². The molecule has 1 aromatic heterocycles. The van der Waals surface area contributed by atoms with E-state index in [4.69, 9.17) is 21.1 Å². The van der Waals surface area contributed by atoms with Crippen molar-refractivity contribution < 1.29 is 14.3 Å². The van der Waals surface area contributed by atoms with Gasteiger partial charge in [-0.25, -0.2) is 4.68 Å². The van der Waals surface area contributed by atoms with Crippen LogP contribution in [-0.2, 0) is 20.8 Å². The molecule has 2 aromatic rings. The lowest BCUT2D eigenvalue weighted by molar-refractivity contribution is -0.142. The number of anilines is 1. The molecule has 0 spiro atoms. The molecule has 1 aliphatic rings. The Balaban J connectivity index is 1.74. The fourth-order valence-electron chi connectivity index (χ4n) is 2.41. The van der Waals surface area contributed by atoms with Crippen LogP contribution < -0.4 is 5.32 Å². The molecule has 7 heteroatoms. The summed E-state index contributed by atoms with van der Waals surface area (Å²) in [4.78, 5) is 12.3. The van der Waals surface area contributed by atoms with E-state index in [1.807, 2.05) is 31.2 Å². The first kappa shape index (κ1) is 16.0. The maximum Gasteiger partial charge on any atom is 0.257 e. The molecule has 0 aliphatic carbocycles. The SMILES string of the molecule is Cc1cnn(Cc2cccc(Cl)c2)c1NC(=O)C1COCCO1. The van der Waals surface area contributed by atoms with E-state index in [9.17, 15) is 4.79 Å². The third-order valence-corrected chi connectivity index (χ3v) is 3.83. The minimum Gasteiger partial charge on any atom is -0.376 e. The van der Waals surface area contributed by atoms with E-state index in [1.54, 1.807) is 10.9 Å². The first-order valence-corrected chi connectivity index (χ1v) is 7.78. The molecule has 3 rings (SSSR count). The average Bonchev–Trinajstić information content (AvgIpc) is 2.89. The van der Waals surface area contributed by atoms with Crippen molar-refractivity contribution in [3.63, 3.8) is 0 Å². The van der Waals surface area contributed by atoms with E-state index in [-0.39, 0.29) is 12.5 Å². The highest BCUT2D eigenvalue weighted by Crippen LogP contribution is 2.18. The number of amides is 1. The summed E-state index contributed by atoms with van der Waals surface area (Å²) >= 11 is 6.01. The monoisotopic (exact) mass is 335 g/mol. The summed E-state index contributed by atoms with van der Waals surface area (Å²) in [6, 6.07) is 7.55. The highest BCUT2D eigenvalue weighted by molar-refractivity contribution is 6.30. The van der Waals surface area contributed by atoms with Gasteiger partial charge in [0.2, 0.25) is 0 Å².